The Morgan fingerprint density at radius 3 is 2.56 bits per heavy atom. The minimum Gasteiger partial charge on any atom is -0.309 e. The Kier molecular flexibility index (Phi) is 4.84. The zero-order chi connectivity index (χ0) is 13.8. The van der Waals surface area contributed by atoms with Gasteiger partial charge < -0.3 is 5.32 Å². The fourth-order valence-electron chi connectivity index (χ4n) is 1.78. The normalized spacial score (nSPS) is 13.3. The van der Waals surface area contributed by atoms with Gasteiger partial charge in [0, 0.05) is 24.7 Å². The van der Waals surface area contributed by atoms with Crippen LogP contribution in [0.25, 0.3) is 0 Å². The Balaban J connectivity index is 2.82. The molecule has 1 aromatic rings. The second kappa shape index (κ2) is 5.96. The highest BCUT2D eigenvalue weighted by atomic mass is 16.6. The molecular formula is C14H22N2O2. The molecule has 4 nitrogen and oxygen atoms in total. The molecule has 100 valence electrons. The molecule has 0 aliphatic rings. The molecule has 1 unspecified atom stereocenters. The summed E-state index contributed by atoms with van der Waals surface area (Å²) >= 11 is 0. The second-order valence-corrected chi connectivity index (χ2v) is 5.75. The average molecular weight is 250 g/mol. The number of nitro benzene ring substituents is 1. The molecule has 0 radical (unpaired) electrons. The van der Waals surface area contributed by atoms with E-state index >= 15 is 0 Å². The van der Waals surface area contributed by atoms with Gasteiger partial charge in [-0.15, -0.1) is 0 Å². The molecule has 0 heterocycles. The van der Waals surface area contributed by atoms with Gasteiger partial charge in [0.1, 0.15) is 0 Å². The standard InChI is InChI=1S/C14H22N2O2/c1-5-13(15-10-14(2,3)4)11-7-6-8-12(9-11)16(17)18/h6-9,13,15H,5,10H2,1-4H3. The summed E-state index contributed by atoms with van der Waals surface area (Å²) in [5.74, 6) is 0. The summed E-state index contributed by atoms with van der Waals surface area (Å²) in [5, 5.41) is 14.2. The number of hydrogen-bond donors (Lipinski definition) is 1. The van der Waals surface area contributed by atoms with Crippen molar-refractivity contribution in [1.29, 1.82) is 0 Å². The summed E-state index contributed by atoms with van der Waals surface area (Å²) in [4.78, 5) is 10.4. The van der Waals surface area contributed by atoms with E-state index in [1.807, 2.05) is 6.07 Å². The number of nitro groups is 1. The maximum Gasteiger partial charge on any atom is 0.269 e. The Bertz CT molecular complexity index is 411. The summed E-state index contributed by atoms with van der Waals surface area (Å²) in [6.07, 6.45) is 0.914. The Hall–Kier alpha value is -1.42. The third-order valence-electron chi connectivity index (χ3n) is 2.77. The summed E-state index contributed by atoms with van der Waals surface area (Å²) in [5.41, 5.74) is 1.34. The van der Waals surface area contributed by atoms with Crippen molar-refractivity contribution in [2.45, 2.75) is 40.2 Å². The van der Waals surface area contributed by atoms with E-state index < -0.39 is 0 Å². The maximum absolute atomic E-state index is 10.8. The molecule has 0 bridgehead atoms. The molecule has 1 N–H and O–H groups in total. The number of nitrogens with zero attached hydrogens (tertiary/aromatic N) is 1. The molecule has 0 saturated heterocycles. The molecule has 0 saturated carbocycles. The van der Waals surface area contributed by atoms with Gasteiger partial charge in [0.2, 0.25) is 0 Å². The second-order valence-electron chi connectivity index (χ2n) is 5.75. The van der Waals surface area contributed by atoms with Crippen molar-refractivity contribution in [3.8, 4) is 0 Å². The van der Waals surface area contributed by atoms with Crippen molar-refractivity contribution in [1.82, 2.24) is 5.32 Å². The van der Waals surface area contributed by atoms with E-state index in [0.29, 0.717) is 0 Å². The topological polar surface area (TPSA) is 55.2 Å². The van der Waals surface area contributed by atoms with Crippen molar-refractivity contribution in [3.63, 3.8) is 0 Å². The van der Waals surface area contributed by atoms with Crippen LogP contribution >= 0.6 is 0 Å². The summed E-state index contributed by atoms with van der Waals surface area (Å²) in [7, 11) is 0. The Morgan fingerprint density at radius 2 is 2.06 bits per heavy atom. The summed E-state index contributed by atoms with van der Waals surface area (Å²) in [6, 6.07) is 7.04. The molecule has 0 aromatic heterocycles. The van der Waals surface area contributed by atoms with Crippen molar-refractivity contribution < 1.29 is 4.92 Å². The molecule has 0 aliphatic heterocycles. The first-order valence-corrected chi connectivity index (χ1v) is 6.31. The smallest absolute Gasteiger partial charge is 0.269 e. The first-order chi connectivity index (χ1) is 8.33. The van der Waals surface area contributed by atoms with E-state index in [-0.39, 0.29) is 22.1 Å². The lowest BCUT2D eigenvalue weighted by atomic mass is 9.95. The van der Waals surface area contributed by atoms with Gasteiger partial charge >= 0.3 is 0 Å². The lowest BCUT2D eigenvalue weighted by Crippen LogP contribution is -2.30. The molecule has 0 amide bonds. The largest absolute Gasteiger partial charge is 0.309 e. The van der Waals surface area contributed by atoms with Crippen LogP contribution < -0.4 is 5.32 Å². The molecule has 1 aromatic carbocycles. The van der Waals surface area contributed by atoms with E-state index in [1.165, 1.54) is 6.07 Å². The summed E-state index contributed by atoms with van der Waals surface area (Å²) < 4.78 is 0. The summed E-state index contributed by atoms with van der Waals surface area (Å²) in [6.45, 7) is 9.47. The Labute approximate surface area is 109 Å². The molecule has 1 rings (SSSR count). The zero-order valence-corrected chi connectivity index (χ0v) is 11.6. The van der Waals surface area contributed by atoms with Gasteiger partial charge in [-0.3, -0.25) is 10.1 Å². The van der Waals surface area contributed by atoms with Crippen LogP contribution in [0.15, 0.2) is 24.3 Å². The lowest BCUT2D eigenvalue weighted by Gasteiger charge is -2.24. The van der Waals surface area contributed by atoms with Crippen LogP contribution in [0.4, 0.5) is 5.69 Å². The number of nitrogens with one attached hydrogen (secondary N) is 1. The van der Waals surface area contributed by atoms with E-state index in [0.717, 1.165) is 18.5 Å². The molecule has 18 heavy (non-hydrogen) atoms. The number of benzene rings is 1. The minimum atomic E-state index is -0.347. The van der Waals surface area contributed by atoms with Crippen LogP contribution in [-0.2, 0) is 0 Å². The van der Waals surface area contributed by atoms with Crippen LogP contribution in [0.5, 0.6) is 0 Å². The average Bonchev–Trinajstić information content (AvgIpc) is 2.28. The van der Waals surface area contributed by atoms with Gasteiger partial charge in [-0.25, -0.2) is 0 Å². The van der Waals surface area contributed by atoms with Crippen molar-refractivity contribution in [2.75, 3.05) is 6.54 Å². The monoisotopic (exact) mass is 250 g/mol. The Morgan fingerprint density at radius 1 is 1.39 bits per heavy atom. The highest BCUT2D eigenvalue weighted by Gasteiger charge is 2.16. The van der Waals surface area contributed by atoms with Crippen LogP contribution in [0.2, 0.25) is 0 Å². The van der Waals surface area contributed by atoms with Crippen molar-refractivity contribution >= 4 is 5.69 Å². The predicted octanol–water partition coefficient (Wildman–Crippen LogP) is 3.68. The van der Waals surface area contributed by atoms with E-state index in [1.54, 1.807) is 12.1 Å². The van der Waals surface area contributed by atoms with E-state index in [4.69, 9.17) is 0 Å². The predicted molar refractivity (Wildman–Crippen MR) is 73.6 cm³/mol. The van der Waals surface area contributed by atoms with Gasteiger partial charge in [-0.1, -0.05) is 39.8 Å². The third-order valence-corrected chi connectivity index (χ3v) is 2.77. The van der Waals surface area contributed by atoms with Crippen LogP contribution in [0, 0.1) is 15.5 Å². The molecule has 0 spiro atoms. The van der Waals surface area contributed by atoms with Crippen molar-refractivity contribution in [2.24, 2.45) is 5.41 Å². The zero-order valence-electron chi connectivity index (χ0n) is 11.6. The van der Waals surface area contributed by atoms with Gasteiger partial charge in [0.25, 0.3) is 5.69 Å². The molecular weight excluding hydrogens is 228 g/mol. The molecule has 0 aliphatic carbocycles. The number of rotatable bonds is 5. The minimum absolute atomic E-state index is 0.156. The van der Waals surface area contributed by atoms with E-state index in [9.17, 15) is 10.1 Å². The fraction of sp³-hybridized carbons (Fsp3) is 0.571. The highest BCUT2D eigenvalue weighted by molar-refractivity contribution is 5.35. The van der Waals surface area contributed by atoms with Crippen LogP contribution in [-0.4, -0.2) is 11.5 Å². The van der Waals surface area contributed by atoms with Gasteiger partial charge in [-0.2, -0.15) is 0 Å². The molecule has 4 heteroatoms. The van der Waals surface area contributed by atoms with Gasteiger partial charge in [-0.05, 0) is 17.4 Å². The first kappa shape index (κ1) is 14.6. The van der Waals surface area contributed by atoms with Crippen molar-refractivity contribution in [3.05, 3.63) is 39.9 Å². The van der Waals surface area contributed by atoms with Gasteiger partial charge in [0.15, 0.2) is 0 Å². The lowest BCUT2D eigenvalue weighted by molar-refractivity contribution is -0.384. The fourth-order valence-corrected chi connectivity index (χ4v) is 1.78. The van der Waals surface area contributed by atoms with Crippen LogP contribution in [0.1, 0.15) is 45.7 Å². The van der Waals surface area contributed by atoms with Crippen LogP contribution in [0.3, 0.4) is 0 Å². The third kappa shape index (κ3) is 4.45. The molecule has 0 fully saturated rings. The number of non-ortho nitro benzene ring substituents is 1. The number of hydrogen-bond acceptors (Lipinski definition) is 3. The molecule has 1 atom stereocenters. The first-order valence-electron chi connectivity index (χ1n) is 6.31. The maximum atomic E-state index is 10.8. The quantitative estimate of drug-likeness (QED) is 0.640. The van der Waals surface area contributed by atoms with E-state index in [2.05, 4.69) is 33.0 Å². The highest BCUT2D eigenvalue weighted by Crippen LogP contribution is 2.23. The van der Waals surface area contributed by atoms with Gasteiger partial charge in [0.05, 0.1) is 4.92 Å². The SMILES string of the molecule is CCC(NCC(C)(C)C)c1cccc([N+](=O)[O-])c1.